The Morgan fingerprint density at radius 3 is 2.54 bits per heavy atom. The first-order valence-corrected chi connectivity index (χ1v) is 9.47. The van der Waals surface area contributed by atoms with Crippen LogP contribution in [0, 0.1) is 0 Å². The molecule has 1 aromatic heterocycles. The predicted molar refractivity (Wildman–Crippen MR) is 114 cm³/mol. The number of rotatable bonds is 6. The molecule has 142 valence electrons. The Kier molecular flexibility index (Phi) is 6.24. The molecule has 0 saturated heterocycles. The molecule has 3 aromatic rings. The summed E-state index contributed by atoms with van der Waals surface area (Å²) in [5.74, 6) is -0.0559. The van der Waals surface area contributed by atoms with E-state index in [-0.39, 0.29) is 11.8 Å². The fourth-order valence-electron chi connectivity index (χ4n) is 2.62. The third-order valence-corrected chi connectivity index (χ3v) is 5.13. The highest BCUT2D eigenvalue weighted by atomic mass is 32.1. The van der Waals surface area contributed by atoms with Crippen LogP contribution in [0.5, 0.6) is 5.75 Å². The third kappa shape index (κ3) is 4.66. The Labute approximate surface area is 167 Å². The molecule has 28 heavy (non-hydrogen) atoms. The number of hydrogen-bond acceptors (Lipinski definition) is 4. The van der Waals surface area contributed by atoms with Gasteiger partial charge < -0.3 is 15.4 Å². The van der Waals surface area contributed by atoms with E-state index in [0.29, 0.717) is 17.0 Å². The van der Waals surface area contributed by atoms with E-state index in [4.69, 9.17) is 4.74 Å². The largest absolute Gasteiger partial charge is 0.495 e. The molecule has 0 unspecified atom stereocenters. The standard InChI is InChI=1S/C22H20N2O3S/c1-23-22(26)16-8-11-19(27-2)18(14-16)24-21(25)13-10-17-9-12-20(28-17)15-6-4-3-5-7-15/h3-14H,1-2H3,(H,23,26)(H,24,25). The summed E-state index contributed by atoms with van der Waals surface area (Å²) in [5, 5.41) is 5.32. The van der Waals surface area contributed by atoms with E-state index in [0.717, 1.165) is 15.3 Å². The molecule has 0 spiro atoms. The number of hydrogen-bond donors (Lipinski definition) is 2. The van der Waals surface area contributed by atoms with Gasteiger partial charge in [-0.25, -0.2) is 0 Å². The number of anilines is 1. The lowest BCUT2D eigenvalue weighted by Crippen LogP contribution is -2.18. The maximum atomic E-state index is 12.3. The van der Waals surface area contributed by atoms with Crippen LogP contribution in [0.4, 0.5) is 5.69 Å². The van der Waals surface area contributed by atoms with Crippen molar-refractivity contribution in [2.45, 2.75) is 0 Å². The quantitative estimate of drug-likeness (QED) is 0.610. The second-order valence-corrected chi connectivity index (χ2v) is 7.00. The molecule has 6 heteroatoms. The number of carbonyl (C=O) groups is 2. The fraction of sp³-hybridized carbons (Fsp3) is 0.0909. The maximum Gasteiger partial charge on any atom is 0.251 e. The first-order chi connectivity index (χ1) is 13.6. The lowest BCUT2D eigenvalue weighted by molar-refractivity contribution is -0.111. The predicted octanol–water partition coefficient (Wildman–Crippen LogP) is 4.44. The summed E-state index contributed by atoms with van der Waals surface area (Å²) < 4.78 is 5.26. The van der Waals surface area contributed by atoms with Gasteiger partial charge in [0, 0.05) is 28.4 Å². The van der Waals surface area contributed by atoms with Crippen LogP contribution >= 0.6 is 11.3 Å². The van der Waals surface area contributed by atoms with Crippen molar-refractivity contribution in [3.05, 3.63) is 77.2 Å². The number of methoxy groups -OCH3 is 1. The van der Waals surface area contributed by atoms with Crippen LogP contribution in [0.3, 0.4) is 0 Å². The minimum absolute atomic E-state index is 0.235. The zero-order valence-corrected chi connectivity index (χ0v) is 16.4. The van der Waals surface area contributed by atoms with Crippen molar-refractivity contribution in [2.75, 3.05) is 19.5 Å². The van der Waals surface area contributed by atoms with Crippen LogP contribution in [0.1, 0.15) is 15.2 Å². The smallest absolute Gasteiger partial charge is 0.251 e. The van der Waals surface area contributed by atoms with Crippen molar-refractivity contribution in [3.63, 3.8) is 0 Å². The Morgan fingerprint density at radius 2 is 1.82 bits per heavy atom. The van der Waals surface area contributed by atoms with Crippen LogP contribution < -0.4 is 15.4 Å². The van der Waals surface area contributed by atoms with Crippen LogP contribution in [-0.2, 0) is 4.79 Å². The van der Waals surface area contributed by atoms with E-state index in [1.807, 2.05) is 30.3 Å². The summed E-state index contributed by atoms with van der Waals surface area (Å²) in [6.07, 6.45) is 3.23. The molecular formula is C22H20N2O3S. The van der Waals surface area contributed by atoms with Crippen molar-refractivity contribution in [1.29, 1.82) is 0 Å². The molecule has 3 rings (SSSR count). The van der Waals surface area contributed by atoms with Gasteiger partial charge in [-0.1, -0.05) is 30.3 Å². The molecule has 0 atom stereocenters. The number of carbonyl (C=O) groups excluding carboxylic acids is 2. The van der Waals surface area contributed by atoms with E-state index < -0.39 is 0 Å². The second kappa shape index (κ2) is 9.01. The first kappa shape index (κ1) is 19.4. The van der Waals surface area contributed by atoms with Crippen LogP contribution in [0.15, 0.2) is 66.7 Å². The lowest BCUT2D eigenvalue weighted by Gasteiger charge is -2.10. The van der Waals surface area contributed by atoms with Crippen LogP contribution in [-0.4, -0.2) is 26.0 Å². The topological polar surface area (TPSA) is 67.4 Å². The van der Waals surface area contributed by atoms with Crippen LogP contribution in [0.25, 0.3) is 16.5 Å². The minimum Gasteiger partial charge on any atom is -0.495 e. The van der Waals surface area contributed by atoms with E-state index in [1.54, 1.807) is 42.7 Å². The molecule has 0 aliphatic rings. The van der Waals surface area contributed by atoms with Gasteiger partial charge in [0.05, 0.1) is 12.8 Å². The Hall–Kier alpha value is -3.38. The highest BCUT2D eigenvalue weighted by Gasteiger charge is 2.10. The summed E-state index contributed by atoms with van der Waals surface area (Å²) >= 11 is 1.61. The van der Waals surface area contributed by atoms with E-state index in [1.165, 1.54) is 13.2 Å². The van der Waals surface area contributed by atoms with Crippen molar-refractivity contribution in [3.8, 4) is 16.2 Å². The van der Waals surface area contributed by atoms with Crippen molar-refractivity contribution in [1.82, 2.24) is 5.32 Å². The molecule has 0 bridgehead atoms. The van der Waals surface area contributed by atoms with Crippen molar-refractivity contribution < 1.29 is 14.3 Å². The first-order valence-electron chi connectivity index (χ1n) is 8.65. The molecule has 0 aliphatic carbocycles. The molecule has 2 aromatic carbocycles. The van der Waals surface area contributed by atoms with E-state index >= 15 is 0 Å². The van der Waals surface area contributed by atoms with Gasteiger partial charge in [-0.2, -0.15) is 0 Å². The molecule has 2 amide bonds. The van der Waals surface area contributed by atoms with Gasteiger partial charge in [0.1, 0.15) is 5.75 Å². The summed E-state index contributed by atoms with van der Waals surface area (Å²) in [4.78, 5) is 26.2. The normalized spacial score (nSPS) is 10.6. The lowest BCUT2D eigenvalue weighted by atomic mass is 10.1. The summed E-state index contributed by atoms with van der Waals surface area (Å²) in [6.45, 7) is 0. The maximum absolute atomic E-state index is 12.3. The number of benzene rings is 2. The van der Waals surface area contributed by atoms with Gasteiger partial charge in [-0.05, 0) is 42.0 Å². The van der Waals surface area contributed by atoms with Crippen LogP contribution in [0.2, 0.25) is 0 Å². The highest BCUT2D eigenvalue weighted by molar-refractivity contribution is 7.16. The van der Waals surface area contributed by atoms with Gasteiger partial charge in [0.2, 0.25) is 5.91 Å². The number of nitrogens with one attached hydrogen (secondary N) is 2. The molecule has 0 fully saturated rings. The minimum atomic E-state index is -0.304. The monoisotopic (exact) mass is 392 g/mol. The highest BCUT2D eigenvalue weighted by Crippen LogP contribution is 2.29. The molecule has 0 aliphatic heterocycles. The summed E-state index contributed by atoms with van der Waals surface area (Å²) in [7, 11) is 3.06. The van der Waals surface area contributed by atoms with Gasteiger partial charge >= 0.3 is 0 Å². The van der Waals surface area contributed by atoms with E-state index in [2.05, 4.69) is 22.8 Å². The molecule has 2 N–H and O–H groups in total. The second-order valence-electron chi connectivity index (χ2n) is 5.88. The molecular weight excluding hydrogens is 372 g/mol. The average Bonchev–Trinajstić information content (AvgIpc) is 3.21. The zero-order valence-electron chi connectivity index (χ0n) is 15.6. The number of amides is 2. The SMILES string of the molecule is CNC(=O)c1ccc(OC)c(NC(=O)C=Cc2ccc(-c3ccccc3)s2)c1. The van der Waals surface area contributed by atoms with Crippen molar-refractivity contribution in [2.24, 2.45) is 0 Å². The zero-order chi connectivity index (χ0) is 19.9. The van der Waals surface area contributed by atoms with Gasteiger partial charge in [-0.3, -0.25) is 9.59 Å². The van der Waals surface area contributed by atoms with E-state index in [9.17, 15) is 9.59 Å². The molecule has 5 nitrogen and oxygen atoms in total. The molecule has 0 radical (unpaired) electrons. The Morgan fingerprint density at radius 1 is 1.04 bits per heavy atom. The van der Waals surface area contributed by atoms with Gasteiger partial charge in [0.15, 0.2) is 0 Å². The Bertz CT molecular complexity index is 1010. The third-order valence-electron chi connectivity index (χ3n) is 4.03. The number of thiophene rings is 1. The average molecular weight is 392 g/mol. The Balaban J connectivity index is 1.72. The van der Waals surface area contributed by atoms with Gasteiger partial charge in [-0.15, -0.1) is 11.3 Å². The fourth-order valence-corrected chi connectivity index (χ4v) is 3.54. The molecule has 1 heterocycles. The summed E-state index contributed by atoms with van der Waals surface area (Å²) in [5.41, 5.74) is 2.02. The van der Waals surface area contributed by atoms with Crippen molar-refractivity contribution >= 4 is 34.9 Å². The number of ether oxygens (including phenoxy) is 1. The summed E-state index contributed by atoms with van der Waals surface area (Å²) in [6, 6.07) is 19.0. The van der Waals surface area contributed by atoms with Gasteiger partial charge in [0.25, 0.3) is 5.91 Å². The molecule has 0 saturated carbocycles.